The van der Waals surface area contributed by atoms with Crippen LogP contribution in [0.1, 0.15) is 97.3 Å². The molecular formula is C90H64Br4F5N23O8S5. The van der Waals surface area contributed by atoms with Crippen molar-refractivity contribution in [1.29, 1.82) is 0 Å². The van der Waals surface area contributed by atoms with Crippen LogP contribution in [0.5, 0.6) is 0 Å². The van der Waals surface area contributed by atoms with Gasteiger partial charge in [0.15, 0.2) is 7.83 Å². The predicted molar refractivity (Wildman–Crippen MR) is 513 cm³/mol. The van der Waals surface area contributed by atoms with Gasteiger partial charge in [0.05, 0.1) is 194 Å². The molecule has 5 N–H and O–H groups in total. The number of nitrogens with zero attached hydrogens (tertiary/aromatic N) is 18. The van der Waals surface area contributed by atoms with Gasteiger partial charge in [0.1, 0.15) is 34.8 Å². The first-order chi connectivity index (χ1) is 65.2. The lowest BCUT2D eigenvalue weighted by Gasteiger charge is -2.14. The summed E-state index contributed by atoms with van der Waals surface area (Å²) in [6.45, 7) is 3.40. The Morgan fingerprint density at radius 1 is 0.385 bits per heavy atom. The van der Waals surface area contributed by atoms with Gasteiger partial charge in [-0.2, -0.15) is 25.5 Å². The van der Waals surface area contributed by atoms with Crippen molar-refractivity contribution in [2.75, 3.05) is 6.26 Å². The second kappa shape index (κ2) is 42.4. The summed E-state index contributed by atoms with van der Waals surface area (Å²) < 4.78 is 106. The maximum Gasteiger partial charge on any atom is 0.314 e. The Balaban J connectivity index is 0.000000123. The van der Waals surface area contributed by atoms with Crippen LogP contribution in [-0.2, 0) is 36.0 Å². The highest BCUT2D eigenvalue weighted by Gasteiger charge is 2.26. The summed E-state index contributed by atoms with van der Waals surface area (Å²) in [7, 11) is -3.59. The molecule has 0 radical (unpaired) electrons. The van der Waals surface area contributed by atoms with Crippen LogP contribution < -0.4 is 26.6 Å². The molecule has 45 heteroatoms. The van der Waals surface area contributed by atoms with E-state index in [-0.39, 0.29) is 64.0 Å². The molecule has 5 amide bonds. The zero-order valence-corrected chi connectivity index (χ0v) is 80.0. The van der Waals surface area contributed by atoms with Gasteiger partial charge in [-0.15, -0.1) is 45.3 Å². The van der Waals surface area contributed by atoms with Crippen LogP contribution in [0.2, 0.25) is 0 Å². The van der Waals surface area contributed by atoms with E-state index in [0.717, 1.165) is 42.7 Å². The van der Waals surface area contributed by atoms with Gasteiger partial charge in [-0.3, -0.25) is 48.9 Å². The maximum atomic E-state index is 13.2. The Bertz CT molecular complexity index is 7150. The van der Waals surface area contributed by atoms with Crippen LogP contribution in [0, 0.1) is 29.1 Å². The Hall–Kier alpha value is -14.1. The molecule has 31 nitrogen and oxygen atoms in total. The van der Waals surface area contributed by atoms with E-state index in [0.29, 0.717) is 138 Å². The van der Waals surface area contributed by atoms with Gasteiger partial charge in [0.2, 0.25) is 9.84 Å². The molecule has 0 fully saturated rings. The minimum absolute atomic E-state index is 0.216. The zero-order valence-electron chi connectivity index (χ0n) is 69.6. The molecule has 20 rings (SSSR count). The highest BCUT2D eigenvalue weighted by Crippen LogP contribution is 2.31. The van der Waals surface area contributed by atoms with Crippen molar-refractivity contribution in [3.05, 3.63) is 355 Å². The minimum atomic E-state index is -3.59. The lowest BCUT2D eigenvalue weighted by atomic mass is 10.1. The van der Waals surface area contributed by atoms with E-state index in [4.69, 9.17) is 4.42 Å². The molecule has 0 aliphatic heterocycles. The smallest absolute Gasteiger partial charge is 0.314 e. The normalized spacial score (nSPS) is 11.4. The topological polar surface area (TPSA) is 385 Å². The van der Waals surface area contributed by atoms with Crippen molar-refractivity contribution in [2.45, 2.75) is 50.8 Å². The van der Waals surface area contributed by atoms with Gasteiger partial charge in [-0.1, -0.05) is 6.92 Å². The Kier molecular flexibility index (Phi) is 29.6. The van der Waals surface area contributed by atoms with Crippen LogP contribution in [0.15, 0.2) is 281 Å². The third kappa shape index (κ3) is 22.6. The number of carbonyl (C=O) groups excluding carboxylic acids is 5. The van der Waals surface area contributed by atoms with E-state index < -0.39 is 27.0 Å². The van der Waals surface area contributed by atoms with Gasteiger partial charge < -0.3 is 31.0 Å². The van der Waals surface area contributed by atoms with Crippen molar-refractivity contribution in [3.8, 4) is 28.4 Å². The van der Waals surface area contributed by atoms with Gasteiger partial charge >= 0.3 is 5.22 Å². The SMILES string of the molecule is CC[C@H](NC(=O)c1cncc2c1cnn2-c1ccc(F)cc1)c1cnc(S(C)(=O)=O)o1.O=C(NCc1cc(Br)cs1)c1cncc2c1cnn2-c1ccc(F)cc1.O=C(NCc1ccc(Br)s1)c1cncc2c1cnn2-c1ccc(F)cc1.O=C(NCc1cnc(Br)s1)c1cncc2c1cnn2-c1ccc(F)cc1.O=C(NCc1csc(Br)n1)c1cncc2c1cnn2-c1ccc(F)cc1. The molecule has 0 aliphatic rings. The van der Waals surface area contributed by atoms with Crippen molar-refractivity contribution in [1.82, 2.24) is 115 Å². The number of hydrogen-bond acceptors (Lipinski definition) is 25. The molecule has 0 aliphatic carbocycles. The number of thiophene rings is 2. The van der Waals surface area contributed by atoms with Crippen LogP contribution in [0.4, 0.5) is 22.0 Å². The van der Waals surface area contributed by atoms with Crippen LogP contribution >= 0.6 is 109 Å². The number of oxazole rings is 1. The first-order valence-corrected chi connectivity index (χ1v) is 48.3. The fraction of sp³-hybridized carbons (Fsp3) is 0.0889. The number of amides is 5. The molecule has 0 unspecified atom stereocenters. The minimum Gasteiger partial charge on any atom is -0.431 e. The zero-order chi connectivity index (χ0) is 94.6. The molecule has 20 aromatic rings. The number of nitrogens with one attached hydrogen (secondary N) is 5. The van der Waals surface area contributed by atoms with E-state index in [9.17, 15) is 54.3 Å². The molecule has 1 atom stereocenters. The van der Waals surface area contributed by atoms with Crippen molar-refractivity contribution >= 4 is 203 Å². The maximum absolute atomic E-state index is 13.2. The monoisotopic (exact) mass is 2170 g/mol. The highest BCUT2D eigenvalue weighted by atomic mass is 79.9. The number of fused-ring (bicyclic) bond motifs is 5. The lowest BCUT2D eigenvalue weighted by molar-refractivity contribution is 0.0925. The first-order valence-electron chi connectivity index (χ1n) is 39.9. The second-order valence-electron chi connectivity index (χ2n) is 28.8. The number of thiazole rings is 2. The number of sulfone groups is 1. The number of pyridine rings is 5. The standard InChI is InChI=1S/C20H18FN5O4S.2C18H12BrFN4OS.2C17H11BrFN5OS/c1-3-16(18-11-23-20(30-18)31(2,28)29)25-19(27)15-8-22-10-17-14(15)9-24-26(17)13-6-4-12(21)5-7-13;19-11-5-14(26-10-11)6-22-18(25)16-7-21-9-17-15(16)8-23-24(17)13-3-1-12(20)2-4-13;19-17-6-5-13(26-17)7-22-18(25)15-8-21-10-16-14(15)9-23-24(16)12-3-1-11(20)2-4-12;18-17-23-11(9-26-17)5-21-16(25)14-6-20-8-15-13(14)7-22-24(15)12-3-1-10(19)2-4-12;18-17-22-6-12(26-17)5-21-16(25)14-7-20-9-15-13(14)8-23-24(15)11-3-1-10(19)2-4-11/h4-11,16H,3H2,1-2H3,(H,25,27);1-5,7-10H,6H2,(H,22,25);1-6,8-10H,7H2,(H,22,25);2*1-4,6-9H,5H2,(H,21,25)/t16-;;;;/m0..../s1. The molecule has 5 aromatic carbocycles. The molecule has 0 spiro atoms. The molecule has 0 saturated carbocycles. The summed E-state index contributed by atoms with van der Waals surface area (Å²) >= 11 is 19.5. The summed E-state index contributed by atoms with van der Waals surface area (Å²) in [5.74, 6) is -2.77. The predicted octanol–water partition coefficient (Wildman–Crippen LogP) is 18.9. The van der Waals surface area contributed by atoms with E-state index in [1.807, 2.05) is 35.9 Å². The van der Waals surface area contributed by atoms with Crippen molar-refractivity contribution < 1.29 is 58.8 Å². The fourth-order valence-electron chi connectivity index (χ4n) is 13.4. The van der Waals surface area contributed by atoms with Gasteiger partial charge in [0, 0.05) is 100 Å². The van der Waals surface area contributed by atoms with Crippen molar-refractivity contribution in [3.63, 3.8) is 0 Å². The Labute approximate surface area is 810 Å². The number of rotatable bonds is 22. The molecule has 680 valence electrons. The summed E-state index contributed by atoms with van der Waals surface area (Å²) in [4.78, 5) is 99.2. The van der Waals surface area contributed by atoms with Crippen LogP contribution in [0.25, 0.3) is 83.0 Å². The summed E-state index contributed by atoms with van der Waals surface area (Å²) in [6, 6.07) is 35.0. The molecule has 0 saturated heterocycles. The van der Waals surface area contributed by atoms with Crippen LogP contribution in [0.3, 0.4) is 0 Å². The quantitative estimate of drug-likeness (QED) is 0.0393. The van der Waals surface area contributed by atoms with Gasteiger partial charge in [-0.25, -0.2) is 68.7 Å². The number of carbonyl (C=O) groups is 5. The third-order valence-electron chi connectivity index (χ3n) is 19.9. The lowest BCUT2D eigenvalue weighted by Crippen LogP contribution is -2.28. The molecule has 15 aromatic heterocycles. The third-order valence-corrected chi connectivity index (χ3v) is 27.0. The second-order valence-corrected chi connectivity index (χ2v) is 39.7. The first kappa shape index (κ1) is 94.1. The summed E-state index contributed by atoms with van der Waals surface area (Å²) in [6.07, 6.45) is 28.0. The number of aromatic nitrogens is 18. The largest absolute Gasteiger partial charge is 0.431 e. The number of halogens is 9. The van der Waals surface area contributed by atoms with E-state index >= 15 is 0 Å². The number of benzene rings is 5. The van der Waals surface area contributed by atoms with Gasteiger partial charge in [0.25, 0.3) is 29.5 Å². The fourth-order valence-corrected chi connectivity index (χ4v) is 19.1. The Morgan fingerprint density at radius 3 is 1.03 bits per heavy atom. The summed E-state index contributed by atoms with van der Waals surface area (Å²) in [5, 5.41) is 42.6. The van der Waals surface area contributed by atoms with E-state index in [1.54, 1.807) is 169 Å². The molecular weight excluding hydrogens is 2110 g/mol. The van der Waals surface area contributed by atoms with E-state index in [2.05, 4.69) is 156 Å². The van der Waals surface area contributed by atoms with Crippen LogP contribution in [-0.4, -0.2) is 133 Å². The summed E-state index contributed by atoms with van der Waals surface area (Å²) in [5.41, 5.74) is 9.49. The average Bonchev–Trinajstić information content (AvgIpc) is 1.66. The highest BCUT2D eigenvalue weighted by molar-refractivity contribution is 9.11. The molecule has 15 heterocycles. The molecule has 135 heavy (non-hydrogen) atoms. The van der Waals surface area contributed by atoms with Crippen molar-refractivity contribution in [2.24, 2.45) is 0 Å². The average molecular weight is 2170 g/mol. The molecule has 0 bridgehead atoms. The van der Waals surface area contributed by atoms with Gasteiger partial charge in [-0.05, 0) is 210 Å². The number of hydrogen-bond donors (Lipinski definition) is 5. The van der Waals surface area contributed by atoms with E-state index in [1.165, 1.54) is 127 Å². The Morgan fingerprint density at radius 2 is 0.733 bits per heavy atom.